The minimum atomic E-state index is -0.499. The molecule has 1 unspecified atom stereocenters. The predicted octanol–water partition coefficient (Wildman–Crippen LogP) is 5.34. The van der Waals surface area contributed by atoms with E-state index < -0.39 is 6.10 Å². The zero-order valence-electron chi connectivity index (χ0n) is 26.2. The number of anilines is 1. The molecule has 43 heavy (non-hydrogen) atoms. The first-order valence-corrected chi connectivity index (χ1v) is 16.1. The van der Waals surface area contributed by atoms with Gasteiger partial charge in [-0.2, -0.15) is 0 Å². The Balaban J connectivity index is 1.23. The molecule has 2 saturated carbocycles. The molecule has 3 aliphatic rings. The molecule has 0 aromatic heterocycles. The predicted molar refractivity (Wildman–Crippen MR) is 167 cm³/mol. The van der Waals surface area contributed by atoms with Crippen molar-refractivity contribution in [2.24, 2.45) is 11.8 Å². The van der Waals surface area contributed by atoms with E-state index >= 15 is 0 Å². The molecule has 238 valence electrons. The number of methoxy groups -OCH3 is 2. The lowest BCUT2D eigenvalue weighted by molar-refractivity contribution is -0.0835. The Kier molecular flexibility index (Phi) is 12.1. The third-order valence-corrected chi connectivity index (χ3v) is 8.97. The van der Waals surface area contributed by atoms with E-state index in [1.165, 1.54) is 17.5 Å². The first-order valence-electron chi connectivity index (χ1n) is 16.1. The fourth-order valence-electron chi connectivity index (χ4n) is 6.53. The number of nitrogens with zero attached hydrogens (tertiary/aromatic N) is 1. The summed E-state index contributed by atoms with van der Waals surface area (Å²) in [5.74, 6) is 2.32. The van der Waals surface area contributed by atoms with E-state index in [1.807, 2.05) is 0 Å². The topological polar surface area (TPSA) is 78.9 Å². The van der Waals surface area contributed by atoms with E-state index in [-0.39, 0.29) is 18.1 Å². The van der Waals surface area contributed by atoms with Crippen LogP contribution < -0.4 is 9.64 Å². The second kappa shape index (κ2) is 16.2. The monoisotopic (exact) mass is 597 g/mol. The van der Waals surface area contributed by atoms with E-state index in [0.29, 0.717) is 38.3 Å². The number of benzene rings is 2. The molecular formula is C35H51NO7. The van der Waals surface area contributed by atoms with Gasteiger partial charge in [0, 0.05) is 39.9 Å². The van der Waals surface area contributed by atoms with Crippen molar-refractivity contribution < 1.29 is 33.5 Å². The van der Waals surface area contributed by atoms with Crippen LogP contribution in [0.2, 0.25) is 0 Å². The molecule has 8 nitrogen and oxygen atoms in total. The van der Waals surface area contributed by atoms with Crippen molar-refractivity contribution in [3.8, 4) is 5.75 Å². The summed E-state index contributed by atoms with van der Waals surface area (Å²) in [6.07, 6.45) is 4.67. The lowest BCUT2D eigenvalue weighted by Crippen LogP contribution is -2.38. The van der Waals surface area contributed by atoms with Gasteiger partial charge in [-0.3, -0.25) is 0 Å². The molecule has 0 bridgehead atoms. The van der Waals surface area contributed by atoms with Crippen molar-refractivity contribution in [2.75, 3.05) is 65.2 Å². The normalized spacial score (nSPS) is 25.7. The maximum absolute atomic E-state index is 9.95. The van der Waals surface area contributed by atoms with Crippen LogP contribution in [0.15, 0.2) is 42.5 Å². The largest absolute Gasteiger partial charge is 0.490 e. The van der Waals surface area contributed by atoms with Gasteiger partial charge < -0.3 is 38.4 Å². The quantitative estimate of drug-likeness (QED) is 0.245. The summed E-state index contributed by atoms with van der Waals surface area (Å²) < 4.78 is 35.5. The van der Waals surface area contributed by atoms with Crippen molar-refractivity contribution >= 4 is 5.69 Å². The van der Waals surface area contributed by atoms with E-state index in [2.05, 4.69) is 47.4 Å². The van der Waals surface area contributed by atoms with Crippen LogP contribution in [-0.4, -0.2) is 83.8 Å². The summed E-state index contributed by atoms with van der Waals surface area (Å²) in [5.41, 5.74) is 4.67. The van der Waals surface area contributed by atoms with Crippen LogP contribution in [0.3, 0.4) is 0 Å². The van der Waals surface area contributed by atoms with Gasteiger partial charge in [0.05, 0.1) is 57.0 Å². The Morgan fingerprint density at radius 1 is 0.930 bits per heavy atom. The fraction of sp³-hybridized carbons (Fsp3) is 0.657. The van der Waals surface area contributed by atoms with E-state index in [9.17, 15) is 5.11 Å². The van der Waals surface area contributed by atoms with Crippen molar-refractivity contribution in [3.05, 3.63) is 59.2 Å². The Labute approximate surface area is 257 Å². The third-order valence-electron chi connectivity index (χ3n) is 8.97. The summed E-state index contributed by atoms with van der Waals surface area (Å²) >= 11 is 0. The zero-order valence-corrected chi connectivity index (χ0v) is 26.2. The molecule has 1 heterocycles. The summed E-state index contributed by atoms with van der Waals surface area (Å²) in [6, 6.07) is 15.2. The van der Waals surface area contributed by atoms with Gasteiger partial charge in [-0.15, -0.1) is 0 Å². The molecule has 2 fully saturated rings. The molecule has 2 aliphatic carbocycles. The van der Waals surface area contributed by atoms with Gasteiger partial charge in [0.15, 0.2) is 0 Å². The maximum Gasteiger partial charge on any atom is 0.142 e. The number of fused-ring (bicyclic) bond motifs is 1. The number of aliphatic hydroxyl groups is 1. The molecule has 6 atom stereocenters. The summed E-state index contributed by atoms with van der Waals surface area (Å²) in [5, 5.41) is 9.95. The van der Waals surface area contributed by atoms with E-state index in [0.717, 1.165) is 75.6 Å². The Morgan fingerprint density at radius 2 is 1.70 bits per heavy atom. The smallest absolute Gasteiger partial charge is 0.142 e. The molecule has 8 heteroatoms. The van der Waals surface area contributed by atoms with Gasteiger partial charge in [0.25, 0.3) is 0 Å². The number of rotatable bonds is 17. The minimum Gasteiger partial charge on any atom is -0.490 e. The van der Waals surface area contributed by atoms with Crippen LogP contribution in [0, 0.1) is 11.8 Å². The Morgan fingerprint density at radius 3 is 2.47 bits per heavy atom. The van der Waals surface area contributed by atoms with Crippen LogP contribution in [0.1, 0.15) is 61.6 Å². The zero-order chi connectivity index (χ0) is 30.0. The standard InChI is InChI=1S/C35H51NO7/c1-25(37)20-42-33-6-4-7-34(35(33)28-11-8-26(9-12-28)21-40-24-30-19-29(30)23-39-3)43-22-27-10-13-32-31(18-27)36(15-17-41-32)14-5-16-38-2/h8-13,18,25,29-30,33-35,37H,4-7,14-17,19-24H2,1-3H3/t25-,29-,30?,33-,34+,35+/m1/s1. The molecule has 1 N–H and O–H groups in total. The molecule has 0 radical (unpaired) electrons. The molecule has 0 saturated heterocycles. The highest BCUT2D eigenvalue weighted by Gasteiger charge is 2.37. The van der Waals surface area contributed by atoms with E-state index in [1.54, 1.807) is 21.1 Å². The average molecular weight is 598 g/mol. The molecule has 0 amide bonds. The van der Waals surface area contributed by atoms with Gasteiger partial charge in [-0.1, -0.05) is 30.3 Å². The number of ether oxygens (including phenoxy) is 6. The molecular weight excluding hydrogens is 546 g/mol. The SMILES string of the molecule is COCCCN1CCOc2ccc(CO[C@H]3CCC[C@@H](OC[C@@H](C)O)[C@@H]3c3ccc(COCC4C[C@@H]4COC)cc3)cc21. The summed E-state index contributed by atoms with van der Waals surface area (Å²) in [6.45, 7) is 8.15. The third kappa shape index (κ3) is 9.16. The lowest BCUT2D eigenvalue weighted by Gasteiger charge is -2.38. The van der Waals surface area contributed by atoms with Crippen molar-refractivity contribution in [2.45, 2.75) is 76.5 Å². The van der Waals surface area contributed by atoms with Crippen molar-refractivity contribution in [1.82, 2.24) is 0 Å². The van der Waals surface area contributed by atoms with Crippen molar-refractivity contribution in [3.63, 3.8) is 0 Å². The van der Waals surface area contributed by atoms with Gasteiger partial charge >= 0.3 is 0 Å². The maximum atomic E-state index is 9.95. The second-order valence-corrected chi connectivity index (χ2v) is 12.5. The van der Waals surface area contributed by atoms with Crippen LogP contribution in [0.25, 0.3) is 0 Å². The van der Waals surface area contributed by atoms with Crippen LogP contribution >= 0.6 is 0 Å². The highest BCUT2D eigenvalue weighted by atomic mass is 16.5. The molecule has 1 aliphatic heterocycles. The van der Waals surface area contributed by atoms with Crippen LogP contribution in [0.4, 0.5) is 5.69 Å². The van der Waals surface area contributed by atoms with E-state index in [4.69, 9.17) is 28.4 Å². The second-order valence-electron chi connectivity index (χ2n) is 12.5. The molecule has 5 rings (SSSR count). The number of hydrogen-bond acceptors (Lipinski definition) is 8. The van der Waals surface area contributed by atoms with Gasteiger partial charge in [0.2, 0.25) is 0 Å². The van der Waals surface area contributed by atoms with Crippen LogP contribution in [-0.2, 0) is 36.9 Å². The van der Waals surface area contributed by atoms with Gasteiger partial charge in [0.1, 0.15) is 12.4 Å². The Bertz CT molecular complexity index is 1110. The molecule has 2 aromatic carbocycles. The highest BCUT2D eigenvalue weighted by Crippen LogP contribution is 2.40. The molecule has 2 aromatic rings. The lowest BCUT2D eigenvalue weighted by atomic mass is 9.79. The average Bonchev–Trinajstić information content (AvgIpc) is 3.77. The minimum absolute atomic E-state index is 0.00348. The van der Waals surface area contributed by atoms with Gasteiger partial charge in [-0.25, -0.2) is 0 Å². The Hall–Kier alpha value is -2.20. The van der Waals surface area contributed by atoms with Crippen LogP contribution in [0.5, 0.6) is 5.75 Å². The molecule has 0 spiro atoms. The highest BCUT2D eigenvalue weighted by molar-refractivity contribution is 5.61. The summed E-state index contributed by atoms with van der Waals surface area (Å²) in [7, 11) is 3.52. The van der Waals surface area contributed by atoms with Crippen molar-refractivity contribution in [1.29, 1.82) is 0 Å². The fourth-order valence-corrected chi connectivity index (χ4v) is 6.53. The first kappa shape index (κ1) is 32.2. The first-order chi connectivity index (χ1) is 21.1. The number of hydrogen-bond donors (Lipinski definition) is 1. The number of aliphatic hydroxyl groups excluding tert-OH is 1. The summed E-state index contributed by atoms with van der Waals surface area (Å²) in [4.78, 5) is 2.39. The van der Waals surface area contributed by atoms with Gasteiger partial charge in [-0.05, 0) is 79.7 Å².